The Kier molecular flexibility index (Phi) is 5.89. The third-order valence-corrected chi connectivity index (χ3v) is 8.46. The SMILES string of the molecule is CC(C)(C)[Si](C)(C)OCCOc1ccc(F)c(F)c1CO. The Labute approximate surface area is 126 Å². The van der Waals surface area contributed by atoms with Gasteiger partial charge in [-0.15, -0.1) is 0 Å². The lowest BCUT2D eigenvalue weighted by atomic mass is 10.2. The predicted octanol–water partition coefficient (Wildman–Crippen LogP) is 3.86. The van der Waals surface area contributed by atoms with Crippen LogP contribution in [0.4, 0.5) is 8.78 Å². The summed E-state index contributed by atoms with van der Waals surface area (Å²) in [4.78, 5) is 0. The van der Waals surface area contributed by atoms with Crippen LogP contribution in [0.3, 0.4) is 0 Å². The smallest absolute Gasteiger partial charge is 0.192 e. The van der Waals surface area contributed by atoms with Gasteiger partial charge in [0.25, 0.3) is 0 Å². The Morgan fingerprint density at radius 1 is 1.14 bits per heavy atom. The van der Waals surface area contributed by atoms with Crippen molar-refractivity contribution in [3.8, 4) is 5.75 Å². The van der Waals surface area contributed by atoms with E-state index in [4.69, 9.17) is 14.3 Å². The van der Waals surface area contributed by atoms with Crippen LogP contribution >= 0.6 is 0 Å². The van der Waals surface area contributed by atoms with E-state index in [1.54, 1.807) is 0 Å². The molecule has 0 aromatic heterocycles. The minimum absolute atomic E-state index is 0.102. The van der Waals surface area contributed by atoms with Crippen molar-refractivity contribution >= 4 is 8.32 Å². The Hall–Kier alpha value is -0.983. The minimum atomic E-state index is -1.85. The molecular formula is C15H24F2O3Si. The van der Waals surface area contributed by atoms with Gasteiger partial charge in [-0.25, -0.2) is 8.78 Å². The van der Waals surface area contributed by atoms with Crippen molar-refractivity contribution in [3.63, 3.8) is 0 Å². The summed E-state index contributed by atoms with van der Waals surface area (Å²) < 4.78 is 37.9. The van der Waals surface area contributed by atoms with E-state index in [1.165, 1.54) is 6.07 Å². The third kappa shape index (κ3) is 4.49. The summed E-state index contributed by atoms with van der Waals surface area (Å²) in [5.41, 5.74) is -0.165. The molecule has 0 spiro atoms. The van der Waals surface area contributed by atoms with Crippen LogP contribution in [-0.2, 0) is 11.0 Å². The topological polar surface area (TPSA) is 38.7 Å². The molecular weight excluding hydrogens is 294 g/mol. The molecule has 0 fully saturated rings. The standard InChI is InChI=1S/C15H24F2O3Si/c1-15(2,3)21(4,5)20-9-8-19-13-7-6-12(16)14(17)11(13)10-18/h6-7,18H,8-10H2,1-5H3. The molecule has 0 heterocycles. The first-order chi connectivity index (χ1) is 9.60. The Balaban J connectivity index is 2.60. The van der Waals surface area contributed by atoms with Crippen molar-refractivity contribution in [2.45, 2.75) is 45.5 Å². The second kappa shape index (κ2) is 6.85. The van der Waals surface area contributed by atoms with Crippen LogP contribution < -0.4 is 4.74 Å². The van der Waals surface area contributed by atoms with Gasteiger partial charge in [-0.3, -0.25) is 0 Å². The molecule has 0 radical (unpaired) electrons. The number of rotatable bonds is 6. The first-order valence-electron chi connectivity index (χ1n) is 6.94. The zero-order chi connectivity index (χ0) is 16.3. The maximum Gasteiger partial charge on any atom is 0.192 e. The molecule has 1 rings (SSSR count). The summed E-state index contributed by atoms with van der Waals surface area (Å²) in [7, 11) is -1.85. The van der Waals surface area contributed by atoms with E-state index in [2.05, 4.69) is 33.9 Å². The first kappa shape index (κ1) is 18.1. The lowest BCUT2D eigenvalue weighted by Crippen LogP contribution is -2.41. The van der Waals surface area contributed by atoms with Crippen molar-refractivity contribution in [2.24, 2.45) is 0 Å². The first-order valence-corrected chi connectivity index (χ1v) is 9.85. The van der Waals surface area contributed by atoms with Gasteiger partial charge in [0.15, 0.2) is 20.0 Å². The largest absolute Gasteiger partial charge is 0.491 e. The zero-order valence-electron chi connectivity index (χ0n) is 13.3. The number of benzene rings is 1. The average molecular weight is 318 g/mol. The highest BCUT2D eigenvalue weighted by Gasteiger charge is 2.36. The molecule has 1 aromatic rings. The van der Waals surface area contributed by atoms with E-state index >= 15 is 0 Å². The lowest BCUT2D eigenvalue weighted by molar-refractivity contribution is 0.196. The second-order valence-corrected chi connectivity index (χ2v) is 11.3. The number of halogens is 2. The van der Waals surface area contributed by atoms with Crippen LogP contribution in [0.5, 0.6) is 5.75 Å². The summed E-state index contributed by atoms with van der Waals surface area (Å²) in [5.74, 6) is -1.92. The molecule has 120 valence electrons. The molecule has 0 aliphatic carbocycles. The lowest BCUT2D eigenvalue weighted by Gasteiger charge is -2.36. The highest BCUT2D eigenvalue weighted by molar-refractivity contribution is 6.74. The fourth-order valence-corrected chi connectivity index (χ4v) is 2.55. The van der Waals surface area contributed by atoms with Gasteiger partial charge in [0, 0.05) is 0 Å². The van der Waals surface area contributed by atoms with E-state index in [0.717, 1.165) is 6.07 Å². The van der Waals surface area contributed by atoms with E-state index in [1.807, 2.05) is 0 Å². The van der Waals surface area contributed by atoms with Crippen molar-refractivity contribution < 1.29 is 23.1 Å². The van der Waals surface area contributed by atoms with Crippen LogP contribution in [0.1, 0.15) is 26.3 Å². The normalized spacial score (nSPS) is 12.6. The molecule has 0 unspecified atom stereocenters. The molecule has 0 aliphatic heterocycles. The molecule has 0 atom stereocenters. The molecule has 1 N–H and O–H groups in total. The third-order valence-electron chi connectivity index (χ3n) is 3.92. The van der Waals surface area contributed by atoms with Gasteiger partial charge >= 0.3 is 0 Å². The van der Waals surface area contributed by atoms with Crippen LogP contribution in [-0.4, -0.2) is 26.6 Å². The number of hydrogen-bond donors (Lipinski definition) is 1. The molecule has 0 saturated heterocycles. The van der Waals surface area contributed by atoms with E-state index in [0.29, 0.717) is 6.61 Å². The van der Waals surface area contributed by atoms with Crippen molar-refractivity contribution in [3.05, 3.63) is 29.3 Å². The molecule has 21 heavy (non-hydrogen) atoms. The van der Waals surface area contributed by atoms with E-state index < -0.39 is 26.6 Å². The maximum absolute atomic E-state index is 13.5. The number of aliphatic hydroxyl groups is 1. The molecule has 0 aliphatic rings. The van der Waals surface area contributed by atoms with Crippen LogP contribution in [0.25, 0.3) is 0 Å². The fourth-order valence-electron chi connectivity index (χ4n) is 1.52. The average Bonchev–Trinajstić information content (AvgIpc) is 2.37. The van der Waals surface area contributed by atoms with Gasteiger partial charge in [-0.05, 0) is 30.3 Å². The zero-order valence-corrected chi connectivity index (χ0v) is 14.3. The van der Waals surface area contributed by atoms with Gasteiger partial charge in [-0.1, -0.05) is 20.8 Å². The minimum Gasteiger partial charge on any atom is -0.491 e. The number of ether oxygens (including phenoxy) is 1. The Morgan fingerprint density at radius 3 is 2.29 bits per heavy atom. The van der Waals surface area contributed by atoms with Crippen molar-refractivity contribution in [2.75, 3.05) is 13.2 Å². The molecule has 6 heteroatoms. The fraction of sp³-hybridized carbons (Fsp3) is 0.600. The Morgan fingerprint density at radius 2 is 1.76 bits per heavy atom. The van der Waals surface area contributed by atoms with Crippen molar-refractivity contribution in [1.82, 2.24) is 0 Å². The summed E-state index contributed by atoms with van der Waals surface area (Å²) in [6.07, 6.45) is 0. The molecule has 1 aromatic carbocycles. The number of aliphatic hydroxyl groups excluding tert-OH is 1. The van der Waals surface area contributed by atoms with Gasteiger partial charge in [-0.2, -0.15) is 0 Å². The van der Waals surface area contributed by atoms with Gasteiger partial charge < -0.3 is 14.3 Å². The summed E-state index contributed by atoms with van der Waals surface area (Å²) in [6, 6.07) is 2.30. The van der Waals surface area contributed by atoms with Crippen molar-refractivity contribution in [1.29, 1.82) is 0 Å². The highest BCUT2D eigenvalue weighted by Crippen LogP contribution is 2.36. The number of hydrogen-bond acceptors (Lipinski definition) is 3. The molecule has 0 amide bonds. The Bertz CT molecular complexity index is 485. The van der Waals surface area contributed by atoms with Crippen LogP contribution in [0, 0.1) is 11.6 Å². The van der Waals surface area contributed by atoms with Gasteiger partial charge in [0.2, 0.25) is 0 Å². The van der Waals surface area contributed by atoms with E-state index in [-0.39, 0.29) is 23.0 Å². The van der Waals surface area contributed by atoms with E-state index in [9.17, 15) is 8.78 Å². The summed E-state index contributed by atoms with van der Waals surface area (Å²) in [5, 5.41) is 9.21. The molecule has 0 bridgehead atoms. The summed E-state index contributed by atoms with van der Waals surface area (Å²) >= 11 is 0. The van der Waals surface area contributed by atoms with Crippen LogP contribution in [0.15, 0.2) is 12.1 Å². The second-order valence-electron chi connectivity index (χ2n) is 6.45. The molecule has 0 saturated carbocycles. The predicted molar refractivity (Wildman–Crippen MR) is 80.9 cm³/mol. The van der Waals surface area contributed by atoms with Gasteiger partial charge in [0.05, 0.1) is 18.8 Å². The monoisotopic (exact) mass is 318 g/mol. The quantitative estimate of drug-likeness (QED) is 0.639. The summed E-state index contributed by atoms with van der Waals surface area (Å²) in [6.45, 7) is 10.7. The van der Waals surface area contributed by atoms with Crippen LogP contribution in [0.2, 0.25) is 18.1 Å². The highest BCUT2D eigenvalue weighted by atomic mass is 28.4. The maximum atomic E-state index is 13.5. The van der Waals surface area contributed by atoms with Gasteiger partial charge in [0.1, 0.15) is 12.4 Å². The molecule has 3 nitrogen and oxygen atoms in total.